The Hall–Kier alpha value is -1.63. The fourth-order valence-electron chi connectivity index (χ4n) is 3.41. The van der Waals surface area contributed by atoms with Crippen molar-refractivity contribution in [3.05, 3.63) is 33.6 Å². The molecule has 0 amide bonds. The molecular weight excluding hydrogens is 443 g/mol. The molecule has 7 nitrogen and oxygen atoms in total. The molecule has 0 radical (unpaired) electrons. The number of carboxylic acid groups (broad SMARTS) is 1. The van der Waals surface area contributed by atoms with Crippen LogP contribution in [0.4, 0.5) is 13.2 Å². The standard InChI is InChI=1S/C16H21N3O2S2.C2HF3O2/c1-11-3-13(18-21-11)5-19-9-16(10-19)4-15(8-23-16)20-6-14-7-22-12(2)17-14;3-2(4,5)1(6)7/h3,7,15H,4-6,8-10H2,1-2H3;(H,6,7). The summed E-state index contributed by atoms with van der Waals surface area (Å²) in [4.78, 5) is 15.8. The smallest absolute Gasteiger partial charge is 0.475 e. The van der Waals surface area contributed by atoms with Gasteiger partial charge >= 0.3 is 12.1 Å². The molecule has 0 bridgehead atoms. The number of carboxylic acids is 1. The number of rotatable bonds is 5. The van der Waals surface area contributed by atoms with Gasteiger partial charge in [0.2, 0.25) is 0 Å². The summed E-state index contributed by atoms with van der Waals surface area (Å²) in [5.74, 6) is -0.774. The number of aromatic nitrogens is 2. The van der Waals surface area contributed by atoms with E-state index >= 15 is 0 Å². The molecular formula is C18H22F3N3O4S2. The maximum Gasteiger partial charge on any atom is 0.490 e. The second kappa shape index (κ2) is 9.25. The minimum atomic E-state index is -5.08. The van der Waals surface area contributed by atoms with E-state index in [0.29, 0.717) is 17.5 Å². The monoisotopic (exact) mass is 465 g/mol. The molecule has 1 unspecified atom stereocenters. The molecule has 1 atom stereocenters. The Morgan fingerprint density at radius 3 is 2.63 bits per heavy atom. The maximum absolute atomic E-state index is 10.6. The molecule has 1 N–H and O–H groups in total. The second-order valence-electron chi connectivity index (χ2n) is 7.37. The summed E-state index contributed by atoms with van der Waals surface area (Å²) < 4.78 is 43.3. The third kappa shape index (κ3) is 6.19. The number of aryl methyl sites for hydroxylation is 2. The van der Waals surface area contributed by atoms with Crippen LogP contribution in [-0.2, 0) is 22.7 Å². The lowest BCUT2D eigenvalue weighted by Gasteiger charge is -2.47. The first kappa shape index (κ1) is 23.0. The van der Waals surface area contributed by atoms with Crippen LogP contribution in [0.1, 0.15) is 28.6 Å². The van der Waals surface area contributed by atoms with Crippen molar-refractivity contribution in [2.45, 2.75) is 50.4 Å². The van der Waals surface area contributed by atoms with Gasteiger partial charge < -0.3 is 14.4 Å². The van der Waals surface area contributed by atoms with Crippen molar-refractivity contribution in [1.29, 1.82) is 0 Å². The van der Waals surface area contributed by atoms with Gasteiger partial charge in [0, 0.05) is 41.6 Å². The first-order valence-electron chi connectivity index (χ1n) is 9.16. The fourth-order valence-corrected chi connectivity index (χ4v) is 5.61. The highest BCUT2D eigenvalue weighted by Gasteiger charge is 2.49. The Labute approximate surface area is 179 Å². The van der Waals surface area contributed by atoms with Gasteiger partial charge in [-0.25, -0.2) is 9.78 Å². The molecule has 1 spiro atoms. The van der Waals surface area contributed by atoms with Gasteiger partial charge in [-0.05, 0) is 20.3 Å². The van der Waals surface area contributed by atoms with E-state index in [1.54, 1.807) is 11.3 Å². The number of thiazole rings is 1. The van der Waals surface area contributed by atoms with Crippen LogP contribution in [0, 0.1) is 13.8 Å². The zero-order chi connectivity index (χ0) is 21.9. The van der Waals surface area contributed by atoms with E-state index in [1.807, 2.05) is 19.9 Å². The molecule has 0 saturated carbocycles. The lowest BCUT2D eigenvalue weighted by Crippen LogP contribution is -2.58. The number of thioether (sulfide) groups is 1. The van der Waals surface area contributed by atoms with E-state index < -0.39 is 12.1 Å². The van der Waals surface area contributed by atoms with Crippen LogP contribution < -0.4 is 0 Å². The van der Waals surface area contributed by atoms with Gasteiger partial charge in [-0.15, -0.1) is 23.1 Å². The lowest BCUT2D eigenvalue weighted by atomic mass is 9.93. The van der Waals surface area contributed by atoms with Crippen molar-refractivity contribution in [2.24, 2.45) is 0 Å². The second-order valence-corrected chi connectivity index (χ2v) is 9.92. The number of hydrogen-bond donors (Lipinski definition) is 1. The Morgan fingerprint density at radius 2 is 2.10 bits per heavy atom. The van der Waals surface area contributed by atoms with E-state index in [-0.39, 0.29) is 0 Å². The molecule has 4 rings (SSSR count). The van der Waals surface area contributed by atoms with E-state index in [0.717, 1.165) is 54.0 Å². The van der Waals surface area contributed by atoms with Crippen LogP contribution in [-0.4, -0.2) is 62.0 Å². The average Bonchev–Trinajstić information content (AvgIpc) is 3.33. The highest BCUT2D eigenvalue weighted by molar-refractivity contribution is 8.01. The first-order chi connectivity index (χ1) is 14.0. The fraction of sp³-hybridized carbons (Fsp3) is 0.611. The molecule has 2 fully saturated rings. The van der Waals surface area contributed by atoms with Gasteiger partial charge in [-0.1, -0.05) is 5.16 Å². The summed E-state index contributed by atoms with van der Waals surface area (Å²) in [5, 5.41) is 14.4. The summed E-state index contributed by atoms with van der Waals surface area (Å²) >= 11 is 3.76. The molecule has 0 aliphatic carbocycles. The molecule has 30 heavy (non-hydrogen) atoms. The first-order valence-corrected chi connectivity index (χ1v) is 11.0. The van der Waals surface area contributed by atoms with Gasteiger partial charge in [0.05, 0.1) is 29.1 Å². The highest BCUT2D eigenvalue weighted by Crippen LogP contribution is 2.46. The van der Waals surface area contributed by atoms with Gasteiger partial charge in [-0.2, -0.15) is 13.2 Å². The Balaban J connectivity index is 0.000000318. The van der Waals surface area contributed by atoms with Crippen molar-refractivity contribution in [2.75, 3.05) is 18.8 Å². The number of hydrogen-bond acceptors (Lipinski definition) is 8. The SMILES string of the molecule is Cc1cc(CN2CC3(CC(OCc4csc(C)n4)CS3)C2)no1.O=C(O)C(F)(F)F. The molecule has 166 valence electrons. The zero-order valence-electron chi connectivity index (χ0n) is 16.4. The molecule has 2 aromatic heterocycles. The Morgan fingerprint density at radius 1 is 1.40 bits per heavy atom. The maximum atomic E-state index is 10.6. The van der Waals surface area contributed by atoms with E-state index in [1.165, 1.54) is 0 Å². The summed E-state index contributed by atoms with van der Waals surface area (Å²) in [6, 6.07) is 2.02. The molecule has 4 heterocycles. The van der Waals surface area contributed by atoms with Gasteiger partial charge in [0.15, 0.2) is 0 Å². The van der Waals surface area contributed by atoms with Crippen LogP contribution in [0.5, 0.6) is 0 Å². The van der Waals surface area contributed by atoms with Crippen LogP contribution >= 0.6 is 23.1 Å². The third-order valence-electron chi connectivity index (χ3n) is 4.64. The van der Waals surface area contributed by atoms with Gasteiger partial charge in [-0.3, -0.25) is 4.90 Å². The van der Waals surface area contributed by atoms with E-state index in [4.69, 9.17) is 19.2 Å². The number of alkyl halides is 3. The van der Waals surface area contributed by atoms with Crippen molar-refractivity contribution < 1.29 is 32.3 Å². The van der Waals surface area contributed by atoms with Crippen LogP contribution in [0.15, 0.2) is 16.0 Å². The predicted molar refractivity (Wildman–Crippen MR) is 105 cm³/mol. The summed E-state index contributed by atoms with van der Waals surface area (Å²) in [7, 11) is 0. The van der Waals surface area contributed by atoms with Crippen LogP contribution in [0.25, 0.3) is 0 Å². The molecule has 0 aromatic carbocycles. The topological polar surface area (TPSA) is 88.7 Å². The highest BCUT2D eigenvalue weighted by atomic mass is 32.2. The minimum absolute atomic E-state index is 0.360. The van der Waals surface area contributed by atoms with E-state index in [9.17, 15) is 13.2 Å². The molecule has 2 aliphatic heterocycles. The lowest BCUT2D eigenvalue weighted by molar-refractivity contribution is -0.192. The Bertz CT molecular complexity index is 865. The average molecular weight is 466 g/mol. The quantitative estimate of drug-likeness (QED) is 0.716. The molecule has 2 saturated heterocycles. The Kier molecular flexibility index (Phi) is 7.10. The third-order valence-corrected chi connectivity index (χ3v) is 7.03. The number of likely N-dealkylation sites (tertiary alicyclic amines) is 1. The molecule has 12 heteroatoms. The normalized spacial score (nSPS) is 20.6. The van der Waals surface area contributed by atoms with Gasteiger partial charge in [0.25, 0.3) is 0 Å². The number of ether oxygens (including phenoxy) is 1. The number of aliphatic carboxylic acids is 1. The summed E-state index contributed by atoms with van der Waals surface area (Å²) in [5.41, 5.74) is 2.10. The zero-order valence-corrected chi connectivity index (χ0v) is 18.1. The van der Waals surface area contributed by atoms with Crippen molar-refractivity contribution in [1.82, 2.24) is 15.0 Å². The van der Waals surface area contributed by atoms with Crippen molar-refractivity contribution in [3.63, 3.8) is 0 Å². The molecule has 2 aliphatic rings. The largest absolute Gasteiger partial charge is 0.490 e. The molecule has 2 aromatic rings. The summed E-state index contributed by atoms with van der Waals surface area (Å²) in [6.45, 7) is 7.76. The minimum Gasteiger partial charge on any atom is -0.475 e. The van der Waals surface area contributed by atoms with Gasteiger partial charge in [0.1, 0.15) is 5.76 Å². The number of halogens is 3. The van der Waals surface area contributed by atoms with Crippen molar-refractivity contribution >= 4 is 29.1 Å². The number of carbonyl (C=O) groups is 1. The van der Waals surface area contributed by atoms with Crippen LogP contribution in [0.3, 0.4) is 0 Å². The van der Waals surface area contributed by atoms with Crippen molar-refractivity contribution in [3.8, 4) is 0 Å². The van der Waals surface area contributed by atoms with E-state index in [2.05, 4.69) is 32.2 Å². The number of nitrogens with zero attached hydrogens (tertiary/aromatic N) is 3. The predicted octanol–water partition coefficient (Wildman–Crippen LogP) is 3.66. The summed E-state index contributed by atoms with van der Waals surface area (Å²) in [6.07, 6.45) is -3.58. The van der Waals surface area contributed by atoms with Crippen LogP contribution in [0.2, 0.25) is 0 Å².